The molecule has 1 atom stereocenters. The van der Waals surface area contributed by atoms with E-state index in [1.54, 1.807) is 31.2 Å². The van der Waals surface area contributed by atoms with E-state index in [2.05, 4.69) is 0 Å². The van der Waals surface area contributed by atoms with Crippen LogP contribution in [0.2, 0.25) is 0 Å². The Morgan fingerprint density at radius 2 is 1.84 bits per heavy atom. The number of carbonyl (C=O) groups excluding carboxylic acids is 2. The van der Waals surface area contributed by atoms with Crippen LogP contribution in [0.15, 0.2) is 24.3 Å². The Hall–Kier alpha value is -2.04. The highest BCUT2D eigenvalue weighted by Gasteiger charge is 2.28. The summed E-state index contributed by atoms with van der Waals surface area (Å²) in [7, 11) is 1.85. The first-order chi connectivity index (χ1) is 12.0. The second-order valence-corrected chi connectivity index (χ2v) is 6.82. The van der Waals surface area contributed by atoms with Crippen molar-refractivity contribution in [3.8, 4) is 5.75 Å². The molecule has 5 nitrogen and oxygen atoms in total. The number of benzene rings is 1. The van der Waals surface area contributed by atoms with Gasteiger partial charge in [0, 0.05) is 19.5 Å². The molecule has 1 fully saturated rings. The summed E-state index contributed by atoms with van der Waals surface area (Å²) in [5, 5.41) is 9.39. The maximum Gasteiger partial charge on any atom is 0.309 e. The van der Waals surface area contributed by atoms with Crippen molar-refractivity contribution < 1.29 is 19.4 Å². The number of phenols is 1. The molecule has 1 amide bonds. The summed E-state index contributed by atoms with van der Waals surface area (Å²) in [6.45, 7) is 2.07. The van der Waals surface area contributed by atoms with Crippen molar-refractivity contribution in [3.05, 3.63) is 29.8 Å². The normalized spacial score (nSPS) is 16.2. The zero-order valence-corrected chi connectivity index (χ0v) is 15.2. The van der Waals surface area contributed by atoms with Gasteiger partial charge in [-0.05, 0) is 43.9 Å². The average Bonchev–Trinajstić information content (AvgIpc) is 2.63. The minimum absolute atomic E-state index is 0.00346. The van der Waals surface area contributed by atoms with E-state index in [1.807, 2.05) is 11.9 Å². The Morgan fingerprint density at radius 3 is 2.44 bits per heavy atom. The number of amides is 1. The first-order valence-corrected chi connectivity index (χ1v) is 9.21. The Morgan fingerprint density at radius 1 is 1.20 bits per heavy atom. The van der Waals surface area contributed by atoms with Gasteiger partial charge < -0.3 is 14.7 Å². The SMILES string of the molecule is CCOC(=O)C(CC(=O)N(C)C1CCCCC1)Cc1ccc(O)cc1. The van der Waals surface area contributed by atoms with Crippen molar-refractivity contribution in [2.24, 2.45) is 5.92 Å². The van der Waals surface area contributed by atoms with Gasteiger partial charge in [-0.2, -0.15) is 0 Å². The monoisotopic (exact) mass is 347 g/mol. The summed E-state index contributed by atoms with van der Waals surface area (Å²) in [5.41, 5.74) is 0.906. The lowest BCUT2D eigenvalue weighted by molar-refractivity contribution is -0.151. The molecule has 0 spiro atoms. The van der Waals surface area contributed by atoms with Crippen LogP contribution in [-0.2, 0) is 20.7 Å². The minimum Gasteiger partial charge on any atom is -0.508 e. The Labute approximate surface area is 150 Å². The van der Waals surface area contributed by atoms with Crippen LogP contribution in [-0.4, -0.2) is 41.6 Å². The summed E-state index contributed by atoms with van der Waals surface area (Å²) in [5.74, 6) is -0.641. The summed E-state index contributed by atoms with van der Waals surface area (Å²) in [4.78, 5) is 26.8. The van der Waals surface area contributed by atoms with E-state index in [-0.39, 0.29) is 30.1 Å². The summed E-state index contributed by atoms with van der Waals surface area (Å²) in [6, 6.07) is 7.02. The molecule has 0 aliphatic heterocycles. The number of nitrogens with zero attached hydrogens (tertiary/aromatic N) is 1. The Balaban J connectivity index is 2.02. The van der Waals surface area contributed by atoms with Gasteiger partial charge in [0.15, 0.2) is 0 Å². The topological polar surface area (TPSA) is 66.8 Å². The highest BCUT2D eigenvalue weighted by Crippen LogP contribution is 2.24. The van der Waals surface area contributed by atoms with Crippen molar-refractivity contribution in [2.45, 2.75) is 57.9 Å². The van der Waals surface area contributed by atoms with E-state index in [0.717, 1.165) is 31.2 Å². The highest BCUT2D eigenvalue weighted by molar-refractivity contribution is 5.83. The van der Waals surface area contributed by atoms with E-state index >= 15 is 0 Å². The first kappa shape index (κ1) is 19.3. The minimum atomic E-state index is -0.497. The van der Waals surface area contributed by atoms with Crippen molar-refractivity contribution in [2.75, 3.05) is 13.7 Å². The van der Waals surface area contributed by atoms with Gasteiger partial charge in [0.2, 0.25) is 5.91 Å². The van der Waals surface area contributed by atoms with Gasteiger partial charge in [-0.3, -0.25) is 9.59 Å². The fourth-order valence-corrected chi connectivity index (χ4v) is 3.44. The molecule has 0 aromatic heterocycles. The first-order valence-electron chi connectivity index (χ1n) is 9.21. The van der Waals surface area contributed by atoms with Gasteiger partial charge in [0.1, 0.15) is 5.75 Å². The second kappa shape index (κ2) is 9.44. The molecule has 25 heavy (non-hydrogen) atoms. The molecule has 1 unspecified atom stereocenters. The molecule has 1 aromatic carbocycles. The summed E-state index contributed by atoms with van der Waals surface area (Å²) < 4.78 is 5.17. The fraction of sp³-hybridized carbons (Fsp3) is 0.600. The van der Waals surface area contributed by atoms with Crippen molar-refractivity contribution in [3.63, 3.8) is 0 Å². The lowest BCUT2D eigenvalue weighted by Gasteiger charge is -2.32. The highest BCUT2D eigenvalue weighted by atomic mass is 16.5. The van der Waals surface area contributed by atoms with Crippen LogP contribution in [0.1, 0.15) is 51.0 Å². The van der Waals surface area contributed by atoms with Crippen molar-refractivity contribution >= 4 is 11.9 Å². The molecule has 0 saturated heterocycles. The number of carbonyl (C=O) groups is 2. The molecular weight excluding hydrogens is 318 g/mol. The second-order valence-electron chi connectivity index (χ2n) is 6.82. The molecule has 1 aliphatic carbocycles. The molecule has 0 heterocycles. The fourth-order valence-electron chi connectivity index (χ4n) is 3.44. The number of hydrogen-bond acceptors (Lipinski definition) is 4. The number of ether oxygens (including phenoxy) is 1. The van der Waals surface area contributed by atoms with E-state index < -0.39 is 5.92 Å². The molecule has 1 saturated carbocycles. The van der Waals surface area contributed by atoms with Crippen LogP contribution < -0.4 is 0 Å². The molecule has 0 bridgehead atoms. The van der Waals surface area contributed by atoms with Gasteiger partial charge >= 0.3 is 5.97 Å². The maximum absolute atomic E-state index is 12.7. The van der Waals surface area contributed by atoms with Gasteiger partial charge in [0.05, 0.1) is 12.5 Å². The third-order valence-electron chi connectivity index (χ3n) is 4.98. The number of esters is 1. The number of aromatic hydroxyl groups is 1. The molecule has 5 heteroatoms. The molecule has 1 aromatic rings. The predicted molar refractivity (Wildman–Crippen MR) is 96.2 cm³/mol. The van der Waals surface area contributed by atoms with Gasteiger partial charge in [0.25, 0.3) is 0 Å². The molecular formula is C20H29NO4. The largest absolute Gasteiger partial charge is 0.508 e. The molecule has 1 N–H and O–H groups in total. The smallest absolute Gasteiger partial charge is 0.309 e. The van der Waals surface area contributed by atoms with E-state index in [1.165, 1.54) is 6.42 Å². The molecule has 1 aliphatic rings. The number of rotatable bonds is 7. The van der Waals surface area contributed by atoms with Gasteiger partial charge in [-0.15, -0.1) is 0 Å². The lowest BCUT2D eigenvalue weighted by Crippen LogP contribution is -2.40. The van der Waals surface area contributed by atoms with E-state index in [4.69, 9.17) is 4.74 Å². The van der Waals surface area contributed by atoms with Gasteiger partial charge in [-0.25, -0.2) is 0 Å². The predicted octanol–water partition coefficient (Wildman–Crippen LogP) is 3.30. The third kappa shape index (κ3) is 5.76. The zero-order valence-electron chi connectivity index (χ0n) is 15.2. The average molecular weight is 347 g/mol. The van der Waals surface area contributed by atoms with Crippen LogP contribution in [0.3, 0.4) is 0 Å². The van der Waals surface area contributed by atoms with E-state index in [0.29, 0.717) is 13.0 Å². The van der Waals surface area contributed by atoms with Crippen LogP contribution >= 0.6 is 0 Å². The molecule has 2 rings (SSSR count). The maximum atomic E-state index is 12.7. The zero-order chi connectivity index (χ0) is 18.2. The van der Waals surface area contributed by atoms with Gasteiger partial charge in [-0.1, -0.05) is 31.4 Å². The standard InChI is InChI=1S/C20H29NO4/c1-3-25-20(24)16(13-15-9-11-18(22)12-10-15)14-19(23)21(2)17-7-5-4-6-8-17/h9-12,16-17,22H,3-8,13-14H2,1-2H3. The van der Waals surface area contributed by atoms with Crippen LogP contribution in [0.4, 0.5) is 0 Å². The quantitative estimate of drug-likeness (QED) is 0.769. The van der Waals surface area contributed by atoms with Crippen LogP contribution in [0.5, 0.6) is 5.75 Å². The lowest BCUT2D eigenvalue weighted by atomic mass is 9.92. The van der Waals surface area contributed by atoms with E-state index in [9.17, 15) is 14.7 Å². The number of phenolic OH excluding ortho intramolecular Hbond substituents is 1. The summed E-state index contributed by atoms with van der Waals surface area (Å²) in [6.07, 6.45) is 6.25. The van der Waals surface area contributed by atoms with Crippen LogP contribution in [0, 0.1) is 5.92 Å². The van der Waals surface area contributed by atoms with Crippen LogP contribution in [0.25, 0.3) is 0 Å². The van der Waals surface area contributed by atoms with Crippen molar-refractivity contribution in [1.82, 2.24) is 4.90 Å². The Bertz CT molecular complexity index is 564. The third-order valence-corrected chi connectivity index (χ3v) is 4.98. The van der Waals surface area contributed by atoms with Crippen molar-refractivity contribution in [1.29, 1.82) is 0 Å². The number of hydrogen-bond donors (Lipinski definition) is 1. The summed E-state index contributed by atoms with van der Waals surface area (Å²) >= 11 is 0. The molecule has 138 valence electrons. The Kier molecular flexibility index (Phi) is 7.29. The molecule has 0 radical (unpaired) electrons.